The highest BCUT2D eigenvalue weighted by Crippen LogP contribution is 2.60. The molecule has 2 rings (SSSR count). The van der Waals surface area contributed by atoms with Crippen molar-refractivity contribution in [2.45, 2.75) is 63.7 Å². The Balaban J connectivity index is 1.99. The molecule has 2 fully saturated rings. The van der Waals surface area contributed by atoms with E-state index in [0.717, 1.165) is 5.92 Å². The minimum absolute atomic E-state index is 0.451. The molecule has 13 heavy (non-hydrogen) atoms. The first kappa shape index (κ1) is 9.97. The van der Waals surface area contributed by atoms with Gasteiger partial charge in [-0.15, -0.1) is 7.92 Å². The van der Waals surface area contributed by atoms with E-state index in [1.165, 1.54) is 24.2 Å². The lowest BCUT2D eigenvalue weighted by molar-refractivity contribution is 0.556. The van der Waals surface area contributed by atoms with Gasteiger partial charge >= 0.3 is 0 Å². The summed E-state index contributed by atoms with van der Waals surface area (Å²) >= 11 is 0. The van der Waals surface area contributed by atoms with Gasteiger partial charge in [0.1, 0.15) is 0 Å². The van der Waals surface area contributed by atoms with Gasteiger partial charge in [-0.05, 0) is 49.1 Å². The first-order chi connectivity index (χ1) is 6.27. The van der Waals surface area contributed by atoms with Crippen molar-refractivity contribution in [2.75, 3.05) is 6.16 Å². The van der Waals surface area contributed by atoms with Crippen LogP contribution < -0.4 is 0 Å². The molecule has 1 heteroatoms. The summed E-state index contributed by atoms with van der Waals surface area (Å²) in [6, 6.07) is 0. The first-order valence-electron chi connectivity index (χ1n) is 6.03. The lowest BCUT2D eigenvalue weighted by Gasteiger charge is -2.24. The maximum atomic E-state index is 2.41. The molecule has 0 aromatic carbocycles. The van der Waals surface area contributed by atoms with E-state index < -0.39 is 0 Å². The number of fused-ring (bicyclic) bond motifs is 2. The highest BCUT2D eigenvalue weighted by Gasteiger charge is 2.36. The van der Waals surface area contributed by atoms with Crippen LogP contribution in [0.15, 0.2) is 0 Å². The summed E-state index contributed by atoms with van der Waals surface area (Å²) in [7, 11) is 0.451. The van der Waals surface area contributed by atoms with Crippen molar-refractivity contribution in [3.8, 4) is 0 Å². The molecule has 0 aliphatic carbocycles. The standard InChI is InChI=1S/C12H23P/c1-10(2)9-13-11-5-3-4-6-12(13)8-7-11/h10-12H,3-9H2,1-2H3. The van der Waals surface area contributed by atoms with Crippen LogP contribution in [0.25, 0.3) is 0 Å². The smallest absolute Gasteiger partial charge is 0.0206 e. The maximum Gasteiger partial charge on any atom is -0.0206 e. The van der Waals surface area contributed by atoms with E-state index in [1.807, 2.05) is 0 Å². The Morgan fingerprint density at radius 2 is 1.54 bits per heavy atom. The monoisotopic (exact) mass is 198 g/mol. The summed E-state index contributed by atoms with van der Waals surface area (Å²) in [5.74, 6) is 0.951. The van der Waals surface area contributed by atoms with Crippen LogP contribution in [0, 0.1) is 5.92 Å². The van der Waals surface area contributed by atoms with E-state index in [4.69, 9.17) is 0 Å². The Hall–Kier alpha value is 0.430. The van der Waals surface area contributed by atoms with Crippen LogP contribution in [0.4, 0.5) is 0 Å². The fourth-order valence-corrected chi connectivity index (χ4v) is 7.14. The maximum absolute atomic E-state index is 2.41. The molecular formula is C12H23P. The molecule has 0 saturated carbocycles. The molecule has 76 valence electrons. The molecule has 0 nitrogen and oxygen atoms in total. The second-order valence-electron chi connectivity index (χ2n) is 5.26. The van der Waals surface area contributed by atoms with Gasteiger partial charge in [0, 0.05) is 0 Å². The summed E-state index contributed by atoms with van der Waals surface area (Å²) in [6.45, 7) is 4.82. The third kappa shape index (κ3) is 2.27. The van der Waals surface area contributed by atoms with E-state index in [0.29, 0.717) is 7.92 Å². The van der Waals surface area contributed by atoms with Crippen LogP contribution in [0.1, 0.15) is 52.4 Å². The molecule has 0 aromatic rings. The van der Waals surface area contributed by atoms with E-state index in [2.05, 4.69) is 13.8 Å². The van der Waals surface area contributed by atoms with Gasteiger partial charge in [-0.3, -0.25) is 0 Å². The number of hydrogen-bond donors (Lipinski definition) is 0. The van der Waals surface area contributed by atoms with Gasteiger partial charge in [0.2, 0.25) is 0 Å². The molecule has 2 saturated heterocycles. The molecule has 2 unspecified atom stereocenters. The van der Waals surface area contributed by atoms with Crippen molar-refractivity contribution in [1.82, 2.24) is 0 Å². The average Bonchev–Trinajstić information content (AvgIpc) is 2.24. The van der Waals surface area contributed by atoms with Gasteiger partial charge in [0.25, 0.3) is 0 Å². The van der Waals surface area contributed by atoms with Crippen molar-refractivity contribution in [3.05, 3.63) is 0 Å². The summed E-state index contributed by atoms with van der Waals surface area (Å²) in [5, 5.41) is 0. The lowest BCUT2D eigenvalue weighted by atomic mass is 10.0. The predicted octanol–water partition coefficient (Wildman–Crippen LogP) is 4.23. The third-order valence-corrected chi connectivity index (χ3v) is 7.73. The highest BCUT2D eigenvalue weighted by atomic mass is 31.1. The van der Waals surface area contributed by atoms with E-state index in [-0.39, 0.29) is 0 Å². The molecule has 0 radical (unpaired) electrons. The zero-order valence-corrected chi connectivity index (χ0v) is 10.0. The van der Waals surface area contributed by atoms with Gasteiger partial charge in [0.05, 0.1) is 0 Å². The average molecular weight is 198 g/mol. The first-order valence-corrected chi connectivity index (χ1v) is 7.69. The predicted molar refractivity (Wildman–Crippen MR) is 61.9 cm³/mol. The zero-order chi connectivity index (χ0) is 9.26. The Labute approximate surface area is 84.2 Å². The van der Waals surface area contributed by atoms with Crippen molar-refractivity contribution < 1.29 is 0 Å². The van der Waals surface area contributed by atoms with Crippen molar-refractivity contribution >= 4 is 7.92 Å². The fourth-order valence-electron chi connectivity index (χ4n) is 3.11. The second kappa shape index (κ2) is 4.30. The van der Waals surface area contributed by atoms with E-state index >= 15 is 0 Å². The molecule has 2 heterocycles. The van der Waals surface area contributed by atoms with E-state index in [1.54, 1.807) is 31.8 Å². The van der Waals surface area contributed by atoms with Crippen molar-refractivity contribution in [2.24, 2.45) is 5.92 Å². The topological polar surface area (TPSA) is 0 Å². The van der Waals surface area contributed by atoms with Crippen LogP contribution in [-0.2, 0) is 0 Å². The second-order valence-corrected chi connectivity index (χ2v) is 8.11. The summed E-state index contributed by atoms with van der Waals surface area (Å²) in [4.78, 5) is 0. The van der Waals surface area contributed by atoms with Crippen LogP contribution in [0.5, 0.6) is 0 Å². The SMILES string of the molecule is CC(C)CP1C2CCCCC1CC2. The Kier molecular flexibility index (Phi) is 3.30. The van der Waals surface area contributed by atoms with Crippen LogP contribution in [0.3, 0.4) is 0 Å². The summed E-state index contributed by atoms with van der Waals surface area (Å²) < 4.78 is 0. The largest absolute Gasteiger partial charge is 0.100 e. The Morgan fingerprint density at radius 1 is 1.00 bits per heavy atom. The molecule has 2 aliphatic rings. The van der Waals surface area contributed by atoms with Gasteiger partial charge in [0.15, 0.2) is 0 Å². The molecule has 0 aromatic heterocycles. The summed E-state index contributed by atoms with van der Waals surface area (Å²) in [5.41, 5.74) is 2.37. The number of hydrogen-bond acceptors (Lipinski definition) is 0. The molecule has 0 spiro atoms. The van der Waals surface area contributed by atoms with E-state index in [9.17, 15) is 0 Å². The minimum Gasteiger partial charge on any atom is -0.100 e. The fraction of sp³-hybridized carbons (Fsp3) is 1.00. The zero-order valence-electron chi connectivity index (χ0n) is 9.13. The van der Waals surface area contributed by atoms with Crippen LogP contribution >= 0.6 is 7.92 Å². The normalized spacial score (nSPS) is 39.5. The third-order valence-electron chi connectivity index (χ3n) is 3.67. The van der Waals surface area contributed by atoms with Gasteiger partial charge in [-0.1, -0.05) is 26.7 Å². The van der Waals surface area contributed by atoms with Crippen molar-refractivity contribution in [1.29, 1.82) is 0 Å². The minimum atomic E-state index is 0.451. The summed E-state index contributed by atoms with van der Waals surface area (Å²) in [6.07, 6.45) is 11.0. The quantitative estimate of drug-likeness (QED) is 0.582. The highest BCUT2D eigenvalue weighted by molar-refractivity contribution is 7.59. The van der Waals surface area contributed by atoms with Crippen molar-refractivity contribution in [3.63, 3.8) is 0 Å². The molecular weight excluding hydrogens is 175 g/mol. The molecule has 0 N–H and O–H groups in total. The Morgan fingerprint density at radius 3 is 2.00 bits per heavy atom. The van der Waals surface area contributed by atoms with Crippen LogP contribution in [-0.4, -0.2) is 17.5 Å². The molecule has 2 atom stereocenters. The molecule has 2 aliphatic heterocycles. The van der Waals surface area contributed by atoms with Crippen LogP contribution in [0.2, 0.25) is 0 Å². The molecule has 0 amide bonds. The van der Waals surface area contributed by atoms with Gasteiger partial charge in [-0.25, -0.2) is 0 Å². The lowest BCUT2D eigenvalue weighted by Crippen LogP contribution is -2.07. The number of rotatable bonds is 2. The van der Waals surface area contributed by atoms with Gasteiger partial charge in [-0.2, -0.15) is 0 Å². The van der Waals surface area contributed by atoms with Gasteiger partial charge < -0.3 is 0 Å². The Bertz CT molecular complexity index is 151. The molecule has 2 bridgehead atoms.